The van der Waals surface area contributed by atoms with Crippen molar-refractivity contribution in [2.45, 2.75) is 45.0 Å². The van der Waals surface area contributed by atoms with Gasteiger partial charge in [-0.2, -0.15) is 0 Å². The molecule has 2 aromatic carbocycles. The van der Waals surface area contributed by atoms with Crippen molar-refractivity contribution in [1.82, 2.24) is 4.98 Å². The van der Waals surface area contributed by atoms with Crippen LogP contribution in [0.5, 0.6) is 5.75 Å². The number of rotatable bonds is 8. The third-order valence-electron chi connectivity index (χ3n) is 5.50. The van der Waals surface area contributed by atoms with Gasteiger partial charge < -0.3 is 19.5 Å². The molecule has 5 heteroatoms. The van der Waals surface area contributed by atoms with Gasteiger partial charge >= 0.3 is 0 Å². The summed E-state index contributed by atoms with van der Waals surface area (Å²) in [5, 5.41) is 4.20. The minimum Gasteiger partial charge on any atom is -0.491 e. The highest BCUT2D eigenvalue weighted by molar-refractivity contribution is 5.83. The van der Waals surface area contributed by atoms with Crippen molar-refractivity contribution in [3.8, 4) is 17.0 Å². The molecule has 1 aliphatic rings. The third-order valence-corrected chi connectivity index (χ3v) is 5.50. The van der Waals surface area contributed by atoms with Gasteiger partial charge in [0.1, 0.15) is 12.4 Å². The van der Waals surface area contributed by atoms with Gasteiger partial charge in [-0.1, -0.05) is 25.1 Å². The molecule has 2 unspecified atom stereocenters. The van der Waals surface area contributed by atoms with Crippen LogP contribution in [0.1, 0.15) is 32.6 Å². The van der Waals surface area contributed by atoms with E-state index >= 15 is 0 Å². The first-order chi connectivity index (χ1) is 14.7. The van der Waals surface area contributed by atoms with Gasteiger partial charge in [0.05, 0.1) is 17.3 Å². The first-order valence-electron chi connectivity index (χ1n) is 10.8. The second-order valence-corrected chi connectivity index (χ2v) is 7.65. The lowest BCUT2D eigenvalue weighted by molar-refractivity contribution is -0.193. The van der Waals surface area contributed by atoms with Gasteiger partial charge in [-0.05, 0) is 62.1 Å². The molecule has 4 rings (SSSR count). The molecule has 3 aromatic rings. The van der Waals surface area contributed by atoms with E-state index in [1.807, 2.05) is 25.2 Å². The van der Waals surface area contributed by atoms with Crippen molar-refractivity contribution in [3.63, 3.8) is 0 Å². The minimum absolute atomic E-state index is 0.0323. The maximum atomic E-state index is 6.07. The monoisotopic (exact) mass is 406 g/mol. The third kappa shape index (κ3) is 5.10. The summed E-state index contributed by atoms with van der Waals surface area (Å²) in [6.07, 6.45) is 4.10. The topological polar surface area (TPSA) is 52.6 Å². The number of nitrogens with zero attached hydrogens (tertiary/aromatic N) is 1. The number of aromatic nitrogens is 1. The first-order valence-corrected chi connectivity index (χ1v) is 10.8. The normalized spacial score (nSPS) is 17.6. The number of benzene rings is 2. The number of anilines is 1. The van der Waals surface area contributed by atoms with Gasteiger partial charge in [0, 0.05) is 30.3 Å². The van der Waals surface area contributed by atoms with Crippen LogP contribution in [0.25, 0.3) is 22.2 Å². The summed E-state index contributed by atoms with van der Waals surface area (Å²) >= 11 is 0. The average molecular weight is 407 g/mol. The van der Waals surface area contributed by atoms with Crippen molar-refractivity contribution in [2.24, 2.45) is 0 Å². The fraction of sp³-hybridized carbons (Fsp3) is 0.400. The predicted octanol–water partition coefficient (Wildman–Crippen LogP) is 5.64. The molecule has 5 nitrogen and oxygen atoms in total. The molecule has 0 saturated carbocycles. The lowest BCUT2D eigenvalue weighted by Gasteiger charge is -2.27. The van der Waals surface area contributed by atoms with E-state index in [9.17, 15) is 0 Å². The molecule has 30 heavy (non-hydrogen) atoms. The molecule has 1 aromatic heterocycles. The Balaban J connectivity index is 1.41. The zero-order valence-electron chi connectivity index (χ0n) is 17.8. The van der Waals surface area contributed by atoms with Crippen molar-refractivity contribution in [2.75, 3.05) is 25.6 Å². The Morgan fingerprint density at radius 3 is 2.70 bits per heavy atom. The zero-order chi connectivity index (χ0) is 20.8. The van der Waals surface area contributed by atoms with E-state index < -0.39 is 0 Å². The molecular formula is C25H30N2O3. The fourth-order valence-corrected chi connectivity index (χ4v) is 3.64. The molecule has 0 bridgehead atoms. The summed E-state index contributed by atoms with van der Waals surface area (Å²) in [6.45, 7) is 3.43. The smallest absolute Gasteiger partial charge is 0.158 e. The Morgan fingerprint density at radius 2 is 1.97 bits per heavy atom. The maximum absolute atomic E-state index is 6.07. The van der Waals surface area contributed by atoms with Crippen molar-refractivity contribution < 1.29 is 14.2 Å². The van der Waals surface area contributed by atoms with E-state index in [2.05, 4.69) is 48.6 Å². The predicted molar refractivity (Wildman–Crippen MR) is 121 cm³/mol. The summed E-state index contributed by atoms with van der Waals surface area (Å²) < 4.78 is 17.8. The molecule has 158 valence electrons. The van der Waals surface area contributed by atoms with Crippen LogP contribution >= 0.6 is 0 Å². The van der Waals surface area contributed by atoms with Crippen LogP contribution in [0.4, 0.5) is 5.69 Å². The molecule has 2 heterocycles. The van der Waals surface area contributed by atoms with Gasteiger partial charge in [-0.25, -0.2) is 4.98 Å². The maximum Gasteiger partial charge on any atom is 0.158 e. The van der Waals surface area contributed by atoms with E-state index in [4.69, 9.17) is 19.2 Å². The molecule has 1 aliphatic heterocycles. The fourth-order valence-electron chi connectivity index (χ4n) is 3.64. The lowest BCUT2D eigenvalue weighted by atomic mass is 10.1. The molecule has 1 fully saturated rings. The van der Waals surface area contributed by atoms with Crippen LogP contribution in [0.3, 0.4) is 0 Å². The largest absolute Gasteiger partial charge is 0.491 e. The van der Waals surface area contributed by atoms with Crippen molar-refractivity contribution in [1.29, 1.82) is 0 Å². The Morgan fingerprint density at radius 1 is 1.10 bits per heavy atom. The quantitative estimate of drug-likeness (QED) is 0.524. The zero-order valence-corrected chi connectivity index (χ0v) is 17.8. The van der Waals surface area contributed by atoms with Gasteiger partial charge in [0.2, 0.25) is 0 Å². The molecule has 2 atom stereocenters. The second-order valence-electron chi connectivity index (χ2n) is 7.65. The van der Waals surface area contributed by atoms with Crippen LogP contribution in [-0.4, -0.2) is 37.6 Å². The number of fused-ring (bicyclic) bond motifs is 1. The number of hydrogen-bond acceptors (Lipinski definition) is 5. The van der Waals surface area contributed by atoms with Gasteiger partial charge in [-0.15, -0.1) is 0 Å². The Hall–Kier alpha value is -2.63. The second kappa shape index (κ2) is 9.92. The molecule has 0 aliphatic carbocycles. The van der Waals surface area contributed by atoms with E-state index in [-0.39, 0.29) is 12.4 Å². The average Bonchev–Trinajstić information content (AvgIpc) is 2.82. The molecular weight excluding hydrogens is 376 g/mol. The molecule has 0 radical (unpaired) electrons. The Kier molecular flexibility index (Phi) is 6.82. The van der Waals surface area contributed by atoms with Crippen LogP contribution in [0.15, 0.2) is 54.6 Å². The molecule has 0 amide bonds. The molecule has 1 saturated heterocycles. The highest BCUT2D eigenvalue weighted by atomic mass is 16.7. The van der Waals surface area contributed by atoms with Crippen LogP contribution in [0, 0.1) is 0 Å². The van der Waals surface area contributed by atoms with Crippen LogP contribution < -0.4 is 10.1 Å². The number of hydrogen-bond donors (Lipinski definition) is 1. The highest BCUT2D eigenvalue weighted by Crippen LogP contribution is 2.25. The number of ether oxygens (including phenoxy) is 3. The van der Waals surface area contributed by atoms with Crippen LogP contribution in [0.2, 0.25) is 0 Å². The van der Waals surface area contributed by atoms with Crippen molar-refractivity contribution in [3.05, 3.63) is 54.6 Å². The van der Waals surface area contributed by atoms with E-state index in [1.165, 1.54) is 6.42 Å². The SMILES string of the molecule is CCC(COc1ccc2nc(-c3ccc(NC)cc3)ccc2c1)OC1CCCCO1. The van der Waals surface area contributed by atoms with E-state index in [1.54, 1.807) is 0 Å². The summed E-state index contributed by atoms with van der Waals surface area (Å²) in [7, 11) is 1.92. The highest BCUT2D eigenvalue weighted by Gasteiger charge is 2.19. The Bertz CT molecular complexity index is 952. The van der Waals surface area contributed by atoms with Crippen molar-refractivity contribution >= 4 is 16.6 Å². The Labute approximate surface area is 178 Å². The molecule has 1 N–H and O–H groups in total. The van der Waals surface area contributed by atoms with Gasteiger partial charge in [0.25, 0.3) is 0 Å². The van der Waals surface area contributed by atoms with E-state index in [0.29, 0.717) is 6.61 Å². The standard InChI is InChI=1S/C25H30N2O3/c1-3-21(30-25-6-4-5-15-28-25)17-29-22-12-14-24-19(16-22)9-13-23(27-24)18-7-10-20(26-2)11-8-18/h7-14,16,21,25-26H,3-6,15,17H2,1-2H3. The summed E-state index contributed by atoms with van der Waals surface area (Å²) in [5.41, 5.74) is 4.11. The van der Waals surface area contributed by atoms with Gasteiger partial charge in [-0.3, -0.25) is 0 Å². The minimum atomic E-state index is -0.0892. The first kappa shape index (κ1) is 20.6. The van der Waals surface area contributed by atoms with Gasteiger partial charge in [0.15, 0.2) is 6.29 Å². The lowest BCUT2D eigenvalue weighted by Crippen LogP contribution is -2.31. The summed E-state index contributed by atoms with van der Waals surface area (Å²) in [5.74, 6) is 0.835. The summed E-state index contributed by atoms with van der Waals surface area (Å²) in [6, 6.07) is 18.5. The molecule has 0 spiro atoms. The van der Waals surface area contributed by atoms with Crippen LogP contribution in [-0.2, 0) is 9.47 Å². The number of nitrogens with one attached hydrogen (secondary N) is 1. The van der Waals surface area contributed by atoms with E-state index in [0.717, 1.165) is 59.5 Å². The number of pyridine rings is 1. The summed E-state index contributed by atoms with van der Waals surface area (Å²) in [4.78, 5) is 4.81.